The van der Waals surface area contributed by atoms with Crippen molar-refractivity contribution < 1.29 is 18.3 Å². The van der Waals surface area contributed by atoms with Crippen molar-refractivity contribution in [2.75, 3.05) is 13.2 Å². The molecule has 0 fully saturated rings. The monoisotopic (exact) mass is 392 g/mol. The van der Waals surface area contributed by atoms with Crippen molar-refractivity contribution in [3.8, 4) is 0 Å². The molecule has 0 aliphatic carbocycles. The van der Waals surface area contributed by atoms with Gasteiger partial charge in [0.2, 0.25) is 5.95 Å². The molecule has 0 amide bonds. The third kappa shape index (κ3) is 4.84. The van der Waals surface area contributed by atoms with Gasteiger partial charge in [-0.05, 0) is 30.6 Å². The van der Waals surface area contributed by atoms with E-state index in [4.69, 9.17) is 9.16 Å². The molecule has 0 spiro atoms. The fraction of sp³-hybridized carbons (Fsp3) is 0.500. The molecule has 0 aliphatic rings. The first-order chi connectivity index (χ1) is 12.6. The van der Waals surface area contributed by atoms with Crippen LogP contribution >= 0.6 is 0 Å². The van der Waals surface area contributed by atoms with Crippen molar-refractivity contribution >= 4 is 14.3 Å². The van der Waals surface area contributed by atoms with Crippen LogP contribution in [0.5, 0.6) is 0 Å². The lowest BCUT2D eigenvalue weighted by Gasteiger charge is -2.37. The second-order valence-electron chi connectivity index (χ2n) is 8.01. The Hall–Kier alpha value is -1.99. The van der Waals surface area contributed by atoms with Crippen LogP contribution in [0.1, 0.15) is 49.8 Å². The van der Waals surface area contributed by atoms with Gasteiger partial charge >= 0.3 is 5.97 Å². The fourth-order valence-corrected chi connectivity index (χ4v) is 3.49. The summed E-state index contributed by atoms with van der Waals surface area (Å²) in [6.45, 7) is 13.0. The number of imidazole rings is 1. The highest BCUT2D eigenvalue weighted by Crippen LogP contribution is 2.37. The lowest BCUT2D eigenvalue weighted by Crippen LogP contribution is -2.42. The Morgan fingerprint density at radius 2 is 1.89 bits per heavy atom. The van der Waals surface area contributed by atoms with Gasteiger partial charge in [-0.15, -0.1) is 0 Å². The lowest BCUT2D eigenvalue weighted by atomic mass is 10.1. The second kappa shape index (κ2) is 8.35. The Bertz CT molecular complexity index is 769. The number of hydrogen-bond donors (Lipinski definition) is 0. The zero-order valence-corrected chi connectivity index (χ0v) is 18.0. The van der Waals surface area contributed by atoms with Gasteiger partial charge in [0.15, 0.2) is 14.0 Å². The smallest absolute Gasteiger partial charge is 0.359 e. The Morgan fingerprint density at radius 3 is 2.44 bits per heavy atom. The van der Waals surface area contributed by atoms with Gasteiger partial charge in [-0.3, -0.25) is 0 Å². The summed E-state index contributed by atoms with van der Waals surface area (Å²) < 4.78 is 27.2. The van der Waals surface area contributed by atoms with Gasteiger partial charge in [0.05, 0.1) is 25.6 Å². The molecule has 1 atom stereocenters. The van der Waals surface area contributed by atoms with Crippen molar-refractivity contribution in [3.05, 3.63) is 53.9 Å². The number of esters is 1. The van der Waals surface area contributed by atoms with E-state index in [1.807, 2.05) is 30.3 Å². The van der Waals surface area contributed by atoms with E-state index in [0.717, 1.165) is 5.56 Å². The molecule has 1 unspecified atom stereocenters. The number of halogens is 1. The predicted octanol–water partition coefficient (Wildman–Crippen LogP) is 4.81. The number of carbonyl (C=O) groups excluding carboxylic acids is 1. The average molecular weight is 393 g/mol. The number of carbonyl (C=O) groups is 1. The second-order valence-corrected chi connectivity index (χ2v) is 12.8. The van der Waals surface area contributed by atoms with Gasteiger partial charge in [0, 0.05) is 0 Å². The minimum absolute atomic E-state index is 0.0401. The molecule has 0 N–H and O–H groups in total. The highest BCUT2D eigenvalue weighted by atomic mass is 28.4. The van der Waals surface area contributed by atoms with Crippen LogP contribution < -0.4 is 0 Å². The topological polar surface area (TPSA) is 53.3 Å². The number of benzene rings is 1. The van der Waals surface area contributed by atoms with Crippen LogP contribution in [-0.4, -0.2) is 37.1 Å². The number of nitrogens with zero attached hydrogens (tertiary/aromatic N) is 2. The quantitative estimate of drug-likeness (QED) is 0.501. The molecule has 0 saturated carbocycles. The maximum atomic E-state index is 14.3. The maximum absolute atomic E-state index is 14.3. The first-order valence-corrected chi connectivity index (χ1v) is 12.1. The van der Waals surface area contributed by atoms with Crippen molar-refractivity contribution in [1.29, 1.82) is 0 Å². The third-order valence-corrected chi connectivity index (χ3v) is 9.65. The maximum Gasteiger partial charge on any atom is 0.359 e. The molecule has 1 aromatic carbocycles. The molecular weight excluding hydrogens is 363 g/mol. The van der Waals surface area contributed by atoms with E-state index in [1.165, 1.54) is 10.9 Å². The van der Waals surface area contributed by atoms with Crippen molar-refractivity contribution in [2.24, 2.45) is 0 Å². The van der Waals surface area contributed by atoms with E-state index in [1.54, 1.807) is 6.92 Å². The van der Waals surface area contributed by atoms with Crippen LogP contribution in [0.4, 0.5) is 4.39 Å². The minimum atomic E-state index is -2.03. The molecule has 27 heavy (non-hydrogen) atoms. The number of hydrogen-bond acceptors (Lipinski definition) is 4. The molecule has 0 radical (unpaired) electrons. The number of aromatic nitrogens is 2. The van der Waals surface area contributed by atoms with Crippen molar-refractivity contribution in [1.82, 2.24) is 9.55 Å². The fourth-order valence-electron chi connectivity index (χ4n) is 2.48. The molecule has 1 aromatic heterocycles. The normalized spacial score (nSPS) is 13.4. The summed E-state index contributed by atoms with van der Waals surface area (Å²) in [5, 5.41) is 0.0401. The first kappa shape index (κ1) is 21.3. The molecule has 0 aliphatic heterocycles. The Labute approximate surface area is 161 Å². The van der Waals surface area contributed by atoms with Crippen molar-refractivity contribution in [2.45, 2.75) is 51.9 Å². The van der Waals surface area contributed by atoms with E-state index >= 15 is 0 Å². The summed E-state index contributed by atoms with van der Waals surface area (Å²) in [7, 11) is -2.03. The Balaban J connectivity index is 2.43. The summed E-state index contributed by atoms with van der Waals surface area (Å²) in [4.78, 5) is 16.0. The van der Waals surface area contributed by atoms with E-state index in [0.29, 0.717) is 6.61 Å². The summed E-state index contributed by atoms with van der Waals surface area (Å²) in [6.07, 6.45) is 1.34. The molecule has 1 heterocycles. The molecule has 7 heteroatoms. The Kier molecular flexibility index (Phi) is 6.59. The van der Waals surface area contributed by atoms with Crippen LogP contribution in [0, 0.1) is 5.95 Å². The SMILES string of the molecule is CCOC(=O)c1c(F)ncn1C(CO[Si](C)(C)C(C)(C)C)c1ccccc1. The summed E-state index contributed by atoms with van der Waals surface area (Å²) in [5.41, 5.74) is 0.740. The van der Waals surface area contributed by atoms with Crippen LogP contribution in [-0.2, 0) is 9.16 Å². The molecule has 2 aromatic rings. The predicted molar refractivity (Wildman–Crippen MR) is 106 cm³/mol. The molecule has 5 nitrogen and oxygen atoms in total. The van der Waals surface area contributed by atoms with Crippen molar-refractivity contribution in [3.63, 3.8) is 0 Å². The molecule has 0 bridgehead atoms. The van der Waals surface area contributed by atoms with Gasteiger partial charge < -0.3 is 13.7 Å². The van der Waals surface area contributed by atoms with Gasteiger partial charge in [0.25, 0.3) is 0 Å². The zero-order valence-electron chi connectivity index (χ0n) is 17.0. The standard InChI is InChI=1S/C20H29FN2O3Si/c1-7-25-19(24)17-18(21)22-14-23(17)16(15-11-9-8-10-12-15)13-26-27(5,6)20(2,3)4/h8-12,14,16H,7,13H2,1-6H3. The lowest BCUT2D eigenvalue weighted by molar-refractivity contribution is 0.0504. The third-order valence-electron chi connectivity index (χ3n) is 5.15. The largest absolute Gasteiger partial charge is 0.461 e. The Morgan fingerprint density at radius 1 is 1.26 bits per heavy atom. The van der Waals surface area contributed by atoms with Crippen LogP contribution in [0.25, 0.3) is 0 Å². The summed E-state index contributed by atoms with van der Waals surface area (Å²) in [6, 6.07) is 9.23. The van der Waals surface area contributed by atoms with Gasteiger partial charge in [-0.1, -0.05) is 51.1 Å². The van der Waals surface area contributed by atoms with Crippen LogP contribution in [0.3, 0.4) is 0 Å². The van der Waals surface area contributed by atoms with E-state index in [2.05, 4.69) is 38.8 Å². The van der Waals surface area contributed by atoms with Gasteiger partial charge in [-0.2, -0.15) is 4.39 Å². The van der Waals surface area contributed by atoms with E-state index < -0.39 is 20.2 Å². The molecule has 2 rings (SSSR count). The molecule has 148 valence electrons. The number of ether oxygens (including phenoxy) is 1. The summed E-state index contributed by atoms with van der Waals surface area (Å²) >= 11 is 0. The van der Waals surface area contributed by atoms with Gasteiger partial charge in [0.1, 0.15) is 0 Å². The first-order valence-electron chi connectivity index (χ1n) is 9.17. The molecular formula is C20H29FN2O3Si. The number of rotatable bonds is 7. The highest BCUT2D eigenvalue weighted by Gasteiger charge is 2.38. The average Bonchev–Trinajstić information content (AvgIpc) is 2.96. The van der Waals surface area contributed by atoms with Gasteiger partial charge in [-0.25, -0.2) is 9.78 Å². The van der Waals surface area contributed by atoms with Crippen LogP contribution in [0.15, 0.2) is 36.7 Å². The minimum Gasteiger partial charge on any atom is -0.461 e. The zero-order chi connectivity index (χ0) is 20.2. The van der Waals surface area contributed by atoms with E-state index in [-0.39, 0.29) is 23.4 Å². The summed E-state index contributed by atoms with van der Waals surface area (Å²) in [5.74, 6) is -1.55. The van der Waals surface area contributed by atoms with E-state index in [9.17, 15) is 9.18 Å². The molecule has 0 saturated heterocycles. The van der Waals surface area contributed by atoms with Crippen LogP contribution in [0.2, 0.25) is 18.1 Å². The highest BCUT2D eigenvalue weighted by molar-refractivity contribution is 6.74.